The SMILES string of the molecule is C.C.C.CC.Cc1ccc(-c2csc(CC(Cc3ccccc3)C(=O)O)n2)cc1.[B]. The van der Waals surface area contributed by atoms with Crippen molar-refractivity contribution in [3.05, 3.63) is 76.1 Å². The van der Waals surface area contributed by atoms with Crippen LogP contribution in [0.2, 0.25) is 0 Å². The number of aryl methyl sites for hydroxylation is 1. The Balaban J connectivity index is -0.00000118. The summed E-state index contributed by atoms with van der Waals surface area (Å²) in [4.78, 5) is 16.2. The van der Waals surface area contributed by atoms with Crippen LogP contribution in [0.5, 0.6) is 0 Å². The maximum atomic E-state index is 11.6. The molecule has 0 saturated heterocycles. The standard InChI is InChI=1S/C20H19NO2S.C2H6.3CH4.B/c1-14-7-9-16(10-8-14)18-13-24-19(21-18)12-17(20(22)23)11-15-5-3-2-4-6-15;1-2;;;;/h2-10,13,17H,11-12H2,1H3,(H,22,23);1-2H3;3*1H4;. The Morgan fingerprint density at radius 3 is 2.07 bits per heavy atom. The molecule has 163 valence electrons. The first-order chi connectivity index (χ1) is 12.6. The van der Waals surface area contributed by atoms with Crippen molar-refractivity contribution in [3.8, 4) is 11.3 Å². The third-order valence-corrected chi connectivity index (χ3v) is 4.87. The molecule has 1 N–H and O–H groups in total. The second-order valence-electron chi connectivity index (χ2n) is 5.92. The van der Waals surface area contributed by atoms with Gasteiger partial charge in [0.25, 0.3) is 0 Å². The first-order valence-electron chi connectivity index (χ1n) is 8.90. The molecule has 0 aliphatic carbocycles. The van der Waals surface area contributed by atoms with Gasteiger partial charge in [-0.3, -0.25) is 4.79 Å². The van der Waals surface area contributed by atoms with Crippen LogP contribution in [0.1, 0.15) is 52.3 Å². The second kappa shape index (κ2) is 16.4. The summed E-state index contributed by atoms with van der Waals surface area (Å²) in [6.07, 6.45) is 0.983. The van der Waals surface area contributed by atoms with Crippen molar-refractivity contribution in [1.29, 1.82) is 0 Å². The molecule has 5 heteroatoms. The molecule has 3 rings (SSSR count). The molecule has 0 aliphatic heterocycles. The lowest BCUT2D eigenvalue weighted by atomic mass is 9.96. The highest BCUT2D eigenvalue weighted by Gasteiger charge is 2.20. The first-order valence-corrected chi connectivity index (χ1v) is 9.78. The number of nitrogens with zero attached hydrogens (tertiary/aromatic N) is 1. The Labute approximate surface area is 189 Å². The Hall–Kier alpha value is -2.40. The van der Waals surface area contributed by atoms with E-state index in [9.17, 15) is 9.90 Å². The molecule has 0 aliphatic rings. The van der Waals surface area contributed by atoms with Gasteiger partial charge in [0.15, 0.2) is 0 Å². The van der Waals surface area contributed by atoms with Crippen molar-refractivity contribution in [2.45, 2.75) is 55.9 Å². The van der Waals surface area contributed by atoms with Gasteiger partial charge in [-0.1, -0.05) is 96.3 Å². The Kier molecular flexibility index (Phi) is 17.7. The van der Waals surface area contributed by atoms with Gasteiger partial charge in [-0.05, 0) is 18.9 Å². The summed E-state index contributed by atoms with van der Waals surface area (Å²) >= 11 is 1.53. The number of hydrogen-bond donors (Lipinski definition) is 1. The minimum Gasteiger partial charge on any atom is -0.481 e. The molecular weight excluding hydrogens is 389 g/mol. The molecule has 0 bridgehead atoms. The molecule has 1 heterocycles. The smallest absolute Gasteiger partial charge is 0.307 e. The molecule has 1 atom stereocenters. The van der Waals surface area contributed by atoms with Gasteiger partial charge in [-0.25, -0.2) is 4.98 Å². The summed E-state index contributed by atoms with van der Waals surface area (Å²) in [6.45, 7) is 6.05. The van der Waals surface area contributed by atoms with Crippen molar-refractivity contribution in [2.75, 3.05) is 0 Å². The van der Waals surface area contributed by atoms with Crippen LogP contribution in [-0.2, 0) is 17.6 Å². The Morgan fingerprint density at radius 1 is 0.967 bits per heavy atom. The predicted molar refractivity (Wildman–Crippen MR) is 135 cm³/mol. The van der Waals surface area contributed by atoms with Gasteiger partial charge in [0.05, 0.1) is 16.6 Å². The lowest BCUT2D eigenvalue weighted by Gasteiger charge is -2.10. The topological polar surface area (TPSA) is 50.2 Å². The zero-order valence-corrected chi connectivity index (χ0v) is 16.9. The fraction of sp³-hybridized carbons (Fsp3) is 0.360. The molecule has 30 heavy (non-hydrogen) atoms. The summed E-state index contributed by atoms with van der Waals surface area (Å²) in [5.41, 5.74) is 4.24. The molecule has 2 aromatic carbocycles. The fourth-order valence-electron chi connectivity index (χ4n) is 2.62. The van der Waals surface area contributed by atoms with E-state index in [4.69, 9.17) is 0 Å². The molecule has 1 unspecified atom stereocenters. The van der Waals surface area contributed by atoms with Gasteiger partial charge in [0.2, 0.25) is 0 Å². The fourth-order valence-corrected chi connectivity index (χ4v) is 3.50. The summed E-state index contributed by atoms with van der Waals surface area (Å²) in [5, 5.41) is 12.4. The number of aliphatic carboxylic acids is 1. The predicted octanol–water partition coefficient (Wildman–Crippen LogP) is 7.16. The third-order valence-electron chi connectivity index (χ3n) is 3.99. The van der Waals surface area contributed by atoms with Crippen LogP contribution < -0.4 is 0 Å². The lowest BCUT2D eigenvalue weighted by molar-refractivity contribution is -0.141. The molecule has 1 aromatic heterocycles. The van der Waals surface area contributed by atoms with E-state index in [1.807, 2.05) is 61.7 Å². The average Bonchev–Trinajstić information content (AvgIpc) is 3.13. The van der Waals surface area contributed by atoms with Crippen LogP contribution in [-0.4, -0.2) is 24.5 Å². The van der Waals surface area contributed by atoms with Crippen LogP contribution in [0.3, 0.4) is 0 Å². The summed E-state index contributed by atoms with van der Waals surface area (Å²) < 4.78 is 0. The molecule has 3 aromatic rings. The van der Waals surface area contributed by atoms with E-state index in [0.717, 1.165) is 21.8 Å². The van der Waals surface area contributed by atoms with E-state index in [1.165, 1.54) is 16.9 Å². The normalized spacial score (nSPS) is 9.83. The van der Waals surface area contributed by atoms with Crippen LogP contribution in [0.15, 0.2) is 60.0 Å². The average molecular weight is 426 g/mol. The number of hydrogen-bond acceptors (Lipinski definition) is 3. The van der Waals surface area contributed by atoms with Gasteiger partial charge in [0.1, 0.15) is 0 Å². The highest BCUT2D eigenvalue weighted by molar-refractivity contribution is 7.09. The largest absolute Gasteiger partial charge is 0.481 e. The zero-order chi connectivity index (χ0) is 18.9. The second-order valence-corrected chi connectivity index (χ2v) is 6.86. The van der Waals surface area contributed by atoms with Crippen molar-refractivity contribution in [1.82, 2.24) is 4.98 Å². The van der Waals surface area contributed by atoms with Gasteiger partial charge in [-0.2, -0.15) is 0 Å². The van der Waals surface area contributed by atoms with Gasteiger partial charge in [0, 0.05) is 25.8 Å². The minimum absolute atomic E-state index is 0. The van der Waals surface area contributed by atoms with E-state index in [0.29, 0.717) is 12.8 Å². The van der Waals surface area contributed by atoms with Crippen LogP contribution >= 0.6 is 11.3 Å². The molecule has 0 amide bonds. The summed E-state index contributed by atoms with van der Waals surface area (Å²) in [5.74, 6) is -1.23. The number of carbonyl (C=O) groups is 1. The van der Waals surface area contributed by atoms with E-state index >= 15 is 0 Å². The molecular formula is C25H37BNO2S. The molecule has 0 saturated carbocycles. The molecule has 3 radical (unpaired) electrons. The third kappa shape index (κ3) is 9.40. The van der Waals surface area contributed by atoms with E-state index in [1.54, 1.807) is 0 Å². The number of carboxylic acid groups (broad SMARTS) is 1. The monoisotopic (exact) mass is 426 g/mol. The van der Waals surface area contributed by atoms with Crippen LogP contribution in [0, 0.1) is 12.8 Å². The highest BCUT2D eigenvalue weighted by Crippen LogP contribution is 2.25. The summed E-state index contributed by atoms with van der Waals surface area (Å²) in [7, 11) is 0. The van der Waals surface area contributed by atoms with E-state index in [2.05, 4.69) is 24.0 Å². The Bertz CT molecular complexity index is 817. The summed E-state index contributed by atoms with van der Waals surface area (Å²) in [6, 6.07) is 18.0. The molecule has 0 fully saturated rings. The Morgan fingerprint density at radius 2 is 1.53 bits per heavy atom. The van der Waals surface area contributed by atoms with Crippen molar-refractivity contribution in [3.63, 3.8) is 0 Å². The number of rotatable bonds is 6. The van der Waals surface area contributed by atoms with Crippen molar-refractivity contribution < 1.29 is 9.90 Å². The maximum absolute atomic E-state index is 11.6. The highest BCUT2D eigenvalue weighted by atomic mass is 32.1. The van der Waals surface area contributed by atoms with Crippen molar-refractivity contribution >= 4 is 25.7 Å². The van der Waals surface area contributed by atoms with E-state index in [-0.39, 0.29) is 30.7 Å². The number of benzene rings is 2. The quantitative estimate of drug-likeness (QED) is 0.426. The maximum Gasteiger partial charge on any atom is 0.307 e. The number of aromatic nitrogens is 1. The number of thiazole rings is 1. The molecule has 3 nitrogen and oxygen atoms in total. The lowest BCUT2D eigenvalue weighted by Crippen LogP contribution is -2.19. The van der Waals surface area contributed by atoms with Gasteiger partial charge >= 0.3 is 5.97 Å². The van der Waals surface area contributed by atoms with Crippen LogP contribution in [0.25, 0.3) is 11.3 Å². The van der Waals surface area contributed by atoms with E-state index < -0.39 is 11.9 Å². The zero-order valence-electron chi connectivity index (χ0n) is 16.1. The molecule has 0 spiro atoms. The van der Waals surface area contributed by atoms with Gasteiger partial charge < -0.3 is 5.11 Å². The van der Waals surface area contributed by atoms with Crippen molar-refractivity contribution in [2.24, 2.45) is 5.92 Å². The minimum atomic E-state index is -0.772. The van der Waals surface area contributed by atoms with Crippen LogP contribution in [0.4, 0.5) is 0 Å². The number of carboxylic acids is 1. The van der Waals surface area contributed by atoms with Gasteiger partial charge in [-0.15, -0.1) is 11.3 Å². The first kappa shape index (κ1) is 32.3.